The quantitative estimate of drug-likeness (QED) is 0.596. The molecule has 1 saturated carbocycles. The van der Waals surface area contributed by atoms with Crippen molar-refractivity contribution in [2.45, 2.75) is 31.2 Å². The summed E-state index contributed by atoms with van der Waals surface area (Å²) >= 11 is 9.80. The molecule has 4 heteroatoms. The molecule has 1 fully saturated rings. The summed E-state index contributed by atoms with van der Waals surface area (Å²) in [6.07, 6.45) is 3.98. The lowest BCUT2D eigenvalue weighted by atomic mass is 9.79. The molecular weight excluding hydrogens is 348 g/mol. The number of nitrogens with two attached hydrogens (primary N) is 1. The fourth-order valence-corrected chi connectivity index (χ4v) is 3.41. The molecule has 0 radical (unpaired) electrons. The summed E-state index contributed by atoms with van der Waals surface area (Å²) in [6, 6.07) is 14.4. The molecule has 0 aliphatic heterocycles. The lowest BCUT2D eigenvalue weighted by Gasteiger charge is -2.26. The van der Waals surface area contributed by atoms with E-state index in [9.17, 15) is 0 Å². The molecule has 2 aromatic rings. The highest BCUT2D eigenvalue weighted by Crippen LogP contribution is 2.37. The maximum atomic E-state index is 6.32. The fourth-order valence-electron chi connectivity index (χ4n) is 2.80. The highest BCUT2D eigenvalue weighted by Gasteiger charge is 2.20. The number of hydrogen-bond acceptors (Lipinski definition) is 2. The Hall–Kier alpha value is -0.870. The minimum Gasteiger partial charge on any atom is -0.271 e. The van der Waals surface area contributed by atoms with Gasteiger partial charge in [0.25, 0.3) is 0 Å². The molecule has 0 heterocycles. The summed E-state index contributed by atoms with van der Waals surface area (Å²) in [7, 11) is 0. The zero-order valence-corrected chi connectivity index (χ0v) is 14.0. The minimum atomic E-state index is -0.106. The zero-order chi connectivity index (χ0) is 14.8. The minimum absolute atomic E-state index is 0.106. The third-order valence-electron chi connectivity index (χ3n) is 4.28. The Morgan fingerprint density at radius 2 is 1.86 bits per heavy atom. The second-order valence-electron chi connectivity index (χ2n) is 5.56. The van der Waals surface area contributed by atoms with E-state index >= 15 is 0 Å². The average molecular weight is 366 g/mol. The van der Waals surface area contributed by atoms with Gasteiger partial charge in [-0.3, -0.25) is 5.84 Å². The Morgan fingerprint density at radius 1 is 1.14 bits per heavy atom. The molecule has 2 nitrogen and oxygen atoms in total. The summed E-state index contributed by atoms with van der Waals surface area (Å²) in [6.45, 7) is 0. The number of hydrogen-bond donors (Lipinski definition) is 2. The summed E-state index contributed by atoms with van der Waals surface area (Å²) in [4.78, 5) is 0. The van der Waals surface area contributed by atoms with Crippen LogP contribution in [0.5, 0.6) is 0 Å². The van der Waals surface area contributed by atoms with Gasteiger partial charge in [0, 0.05) is 9.50 Å². The number of halogens is 2. The van der Waals surface area contributed by atoms with Gasteiger partial charge in [0.15, 0.2) is 0 Å². The van der Waals surface area contributed by atoms with E-state index in [0.717, 1.165) is 21.5 Å². The van der Waals surface area contributed by atoms with Gasteiger partial charge in [0.1, 0.15) is 0 Å². The van der Waals surface area contributed by atoms with Crippen molar-refractivity contribution in [2.24, 2.45) is 5.84 Å². The van der Waals surface area contributed by atoms with Crippen molar-refractivity contribution in [1.29, 1.82) is 0 Å². The van der Waals surface area contributed by atoms with Gasteiger partial charge >= 0.3 is 0 Å². The smallest absolute Gasteiger partial charge is 0.0724 e. The van der Waals surface area contributed by atoms with Crippen molar-refractivity contribution in [2.75, 3.05) is 0 Å². The molecule has 3 N–H and O–H groups in total. The van der Waals surface area contributed by atoms with Crippen molar-refractivity contribution < 1.29 is 0 Å². The Labute approximate surface area is 138 Å². The lowest BCUT2D eigenvalue weighted by molar-refractivity contribution is 0.419. The van der Waals surface area contributed by atoms with Gasteiger partial charge in [-0.2, -0.15) is 0 Å². The van der Waals surface area contributed by atoms with Crippen molar-refractivity contribution in [1.82, 2.24) is 5.43 Å². The van der Waals surface area contributed by atoms with Crippen molar-refractivity contribution in [3.63, 3.8) is 0 Å². The molecule has 1 aliphatic rings. The number of benzene rings is 2. The third-order valence-corrected chi connectivity index (χ3v) is 5.12. The highest BCUT2D eigenvalue weighted by atomic mass is 79.9. The van der Waals surface area contributed by atoms with Crippen LogP contribution in [0.4, 0.5) is 0 Å². The first-order chi connectivity index (χ1) is 10.2. The molecule has 2 aromatic carbocycles. The van der Waals surface area contributed by atoms with Crippen LogP contribution in [0, 0.1) is 0 Å². The Bertz CT molecular complexity index is 623. The predicted octanol–water partition coefficient (Wildman–Crippen LogP) is 4.92. The van der Waals surface area contributed by atoms with Crippen molar-refractivity contribution in [3.8, 4) is 0 Å². The van der Waals surface area contributed by atoms with Gasteiger partial charge in [0.2, 0.25) is 0 Å². The SMILES string of the molecule is NNC(c1ccc(C2CCC2)cc1)c1cc(Br)ccc1Cl. The molecule has 1 unspecified atom stereocenters. The van der Waals surface area contributed by atoms with E-state index in [1.807, 2.05) is 18.2 Å². The van der Waals surface area contributed by atoms with Crippen LogP contribution in [-0.4, -0.2) is 0 Å². The standard InChI is InChI=1S/C17H18BrClN2/c18-14-8-9-16(19)15(10-14)17(21-20)13-6-4-12(5-7-13)11-2-1-3-11/h4-11,17,21H,1-3,20H2. The van der Waals surface area contributed by atoms with Gasteiger partial charge < -0.3 is 0 Å². The van der Waals surface area contributed by atoms with Crippen LogP contribution in [0.2, 0.25) is 5.02 Å². The number of nitrogens with one attached hydrogen (secondary N) is 1. The molecule has 110 valence electrons. The molecule has 0 spiro atoms. The zero-order valence-electron chi connectivity index (χ0n) is 11.7. The Balaban J connectivity index is 1.90. The van der Waals surface area contributed by atoms with Crippen LogP contribution in [0.3, 0.4) is 0 Å². The van der Waals surface area contributed by atoms with E-state index in [1.165, 1.54) is 24.8 Å². The first-order valence-corrected chi connectivity index (χ1v) is 8.37. The molecule has 1 atom stereocenters. The monoisotopic (exact) mass is 364 g/mol. The van der Waals surface area contributed by atoms with E-state index in [1.54, 1.807) is 0 Å². The van der Waals surface area contributed by atoms with E-state index in [-0.39, 0.29) is 6.04 Å². The summed E-state index contributed by atoms with van der Waals surface area (Å²) in [5, 5.41) is 0.712. The van der Waals surface area contributed by atoms with E-state index in [0.29, 0.717) is 5.02 Å². The van der Waals surface area contributed by atoms with Crippen molar-refractivity contribution in [3.05, 3.63) is 68.7 Å². The first kappa shape index (κ1) is 15.0. The number of hydrazine groups is 1. The van der Waals surface area contributed by atoms with Gasteiger partial charge in [-0.05, 0) is 53.6 Å². The molecular formula is C17H18BrClN2. The Morgan fingerprint density at radius 3 is 2.43 bits per heavy atom. The molecule has 0 amide bonds. The van der Waals surface area contributed by atoms with Crippen molar-refractivity contribution >= 4 is 27.5 Å². The summed E-state index contributed by atoms with van der Waals surface area (Å²) < 4.78 is 0.994. The van der Waals surface area contributed by atoms with E-state index in [2.05, 4.69) is 45.6 Å². The molecule has 1 aliphatic carbocycles. The van der Waals surface area contributed by atoms with Crippen LogP contribution in [0.25, 0.3) is 0 Å². The topological polar surface area (TPSA) is 38.0 Å². The maximum Gasteiger partial charge on any atom is 0.0724 e. The molecule has 21 heavy (non-hydrogen) atoms. The third kappa shape index (κ3) is 3.16. The number of rotatable bonds is 4. The van der Waals surface area contributed by atoms with Crippen LogP contribution >= 0.6 is 27.5 Å². The second-order valence-corrected chi connectivity index (χ2v) is 6.88. The molecule has 0 aromatic heterocycles. The predicted molar refractivity (Wildman–Crippen MR) is 91.4 cm³/mol. The van der Waals surface area contributed by atoms with Crippen LogP contribution in [0.15, 0.2) is 46.9 Å². The van der Waals surface area contributed by atoms with E-state index < -0.39 is 0 Å². The van der Waals surface area contributed by atoms with Gasteiger partial charge in [0.05, 0.1) is 6.04 Å². The van der Waals surface area contributed by atoms with Crippen LogP contribution < -0.4 is 11.3 Å². The first-order valence-electron chi connectivity index (χ1n) is 7.20. The van der Waals surface area contributed by atoms with Gasteiger partial charge in [-0.25, -0.2) is 5.43 Å². The maximum absolute atomic E-state index is 6.32. The fraction of sp³-hybridized carbons (Fsp3) is 0.294. The average Bonchev–Trinajstić information content (AvgIpc) is 2.43. The summed E-state index contributed by atoms with van der Waals surface area (Å²) in [5.41, 5.74) is 6.41. The normalized spacial score (nSPS) is 16.5. The van der Waals surface area contributed by atoms with Gasteiger partial charge in [-0.15, -0.1) is 0 Å². The van der Waals surface area contributed by atoms with E-state index in [4.69, 9.17) is 17.4 Å². The molecule has 3 rings (SSSR count). The summed E-state index contributed by atoms with van der Waals surface area (Å²) in [5.74, 6) is 6.51. The Kier molecular flexibility index (Phi) is 4.65. The largest absolute Gasteiger partial charge is 0.271 e. The van der Waals surface area contributed by atoms with Crippen LogP contribution in [0.1, 0.15) is 47.9 Å². The second kappa shape index (κ2) is 6.49. The lowest BCUT2D eigenvalue weighted by Crippen LogP contribution is -2.29. The molecule has 0 bridgehead atoms. The van der Waals surface area contributed by atoms with Gasteiger partial charge in [-0.1, -0.05) is 58.2 Å². The highest BCUT2D eigenvalue weighted by molar-refractivity contribution is 9.10. The molecule has 0 saturated heterocycles. The van der Waals surface area contributed by atoms with Crippen LogP contribution in [-0.2, 0) is 0 Å².